The zero-order chi connectivity index (χ0) is 9.78. The number of alkyl halides is 6. The zero-order valence-corrected chi connectivity index (χ0v) is 5.00. The van der Waals surface area contributed by atoms with Gasteiger partial charge in [-0.1, -0.05) is 0 Å². The molecule has 0 atom stereocenters. The van der Waals surface area contributed by atoms with Crippen molar-refractivity contribution in [2.75, 3.05) is 0 Å². The molecule has 0 N–H and O–H groups in total. The molecule has 0 saturated carbocycles. The quantitative estimate of drug-likeness (QED) is 0.335. The van der Waals surface area contributed by atoms with Crippen molar-refractivity contribution < 1.29 is 35.6 Å². The summed E-state index contributed by atoms with van der Waals surface area (Å²) in [4.78, 5) is 0. The smallest absolute Gasteiger partial charge is 0.233 e. The molecule has 2 nitrogen and oxygen atoms in total. The van der Waals surface area contributed by atoms with Crippen molar-refractivity contribution in [3.05, 3.63) is 0 Å². The van der Waals surface area contributed by atoms with Crippen LogP contribution in [0, 0.1) is 0 Å². The molecule has 1 aliphatic heterocycles. The van der Waals surface area contributed by atoms with Gasteiger partial charge in [-0.3, -0.25) is 0 Å². The van der Waals surface area contributed by atoms with Gasteiger partial charge in [0.1, 0.15) is 0 Å². The Kier molecular flexibility index (Phi) is 1.60. The van der Waals surface area contributed by atoms with Crippen LogP contribution in [-0.4, -0.2) is 23.5 Å². The third kappa shape index (κ3) is 0.959. The molecule has 1 aliphatic rings. The number of hydrogen-bond donors (Lipinski definition) is 0. The molecule has 0 bridgehead atoms. The first kappa shape index (κ1) is 9.52. The maximum absolute atomic E-state index is 11.8. The van der Waals surface area contributed by atoms with Crippen molar-refractivity contribution in [2.24, 2.45) is 0 Å². The van der Waals surface area contributed by atoms with E-state index in [-0.39, 0.29) is 0 Å². The lowest BCUT2D eigenvalue weighted by Gasteiger charge is -2.15. The molecule has 9 heteroatoms. The van der Waals surface area contributed by atoms with Gasteiger partial charge < -0.3 is 0 Å². The Balaban J connectivity index is 3.05. The maximum atomic E-state index is 11.8. The topological polar surface area (TPSA) is 12.5 Å². The fourth-order valence-corrected chi connectivity index (χ4v) is 0.533. The number of rotatable bonds is 0. The van der Waals surface area contributed by atoms with Gasteiger partial charge in [0, 0.05) is 5.12 Å². The second-order valence-corrected chi connectivity index (χ2v) is 1.93. The lowest BCUT2D eigenvalue weighted by Crippen LogP contribution is -2.44. The van der Waals surface area contributed by atoms with E-state index in [2.05, 4.69) is 4.74 Å². The Morgan fingerprint density at radius 3 is 1.42 bits per heavy atom. The summed E-state index contributed by atoms with van der Waals surface area (Å²) >= 11 is 0. The van der Waals surface area contributed by atoms with Crippen LogP contribution >= 0.6 is 0 Å². The van der Waals surface area contributed by atoms with Gasteiger partial charge in [0.25, 0.3) is 0 Å². The fraction of sp³-hybridized carbons (Fsp3) is 1.00. The summed E-state index contributed by atoms with van der Waals surface area (Å²) in [6, 6.07) is -5.66. The summed E-state index contributed by atoms with van der Waals surface area (Å²) in [7, 11) is 0. The van der Waals surface area contributed by atoms with Gasteiger partial charge in [0.05, 0.1) is 0 Å². The highest BCUT2D eigenvalue weighted by Gasteiger charge is 2.79. The van der Waals surface area contributed by atoms with Gasteiger partial charge >= 0.3 is 18.4 Å². The first-order valence-corrected chi connectivity index (χ1v) is 2.41. The molecule has 0 aromatic rings. The van der Waals surface area contributed by atoms with Gasteiger partial charge in [-0.25, -0.2) is 4.74 Å². The summed E-state index contributed by atoms with van der Waals surface area (Å²) in [5.74, 6) is 0. The van der Waals surface area contributed by atoms with E-state index in [9.17, 15) is 30.8 Å². The minimum Gasteiger partial charge on any atom is -0.233 e. The van der Waals surface area contributed by atoms with Crippen LogP contribution in [0.15, 0.2) is 0 Å². The SMILES string of the molecule is FN1C(F)(F)OC(F)(F)C1(F)F. The van der Waals surface area contributed by atoms with E-state index in [0.29, 0.717) is 0 Å². The molecule has 12 heavy (non-hydrogen) atoms. The van der Waals surface area contributed by atoms with E-state index in [0.717, 1.165) is 0 Å². The largest absolute Gasteiger partial charge is 0.461 e. The molecule has 1 fully saturated rings. The Morgan fingerprint density at radius 2 is 1.33 bits per heavy atom. The molecule has 0 amide bonds. The lowest BCUT2D eigenvalue weighted by atomic mass is 10.5. The van der Waals surface area contributed by atoms with Crippen LogP contribution in [0.2, 0.25) is 0 Å². The van der Waals surface area contributed by atoms with Crippen molar-refractivity contribution in [1.29, 1.82) is 0 Å². The number of halogens is 7. The Hall–Kier alpha value is -0.570. The summed E-state index contributed by atoms with van der Waals surface area (Å²) in [6.45, 7) is 0. The molecular weight excluding hydrogens is 199 g/mol. The van der Waals surface area contributed by atoms with Crippen LogP contribution in [0.4, 0.5) is 30.8 Å². The predicted molar refractivity (Wildman–Crippen MR) is 18.9 cm³/mol. The van der Waals surface area contributed by atoms with Crippen LogP contribution in [0.1, 0.15) is 0 Å². The van der Waals surface area contributed by atoms with Gasteiger partial charge in [-0.05, 0) is 0 Å². The minimum absolute atomic E-state index is 2.20. The fourth-order valence-electron chi connectivity index (χ4n) is 0.533. The number of hydrogen-bond acceptors (Lipinski definition) is 2. The molecular formula is C3F7NO. The summed E-state index contributed by atoms with van der Waals surface area (Å²) in [5, 5.41) is -2.62. The molecule has 1 rings (SSSR count). The number of ether oxygens (including phenoxy) is 1. The normalized spacial score (nSPS) is 32.2. The van der Waals surface area contributed by atoms with E-state index in [4.69, 9.17) is 0 Å². The Morgan fingerprint density at radius 1 is 0.917 bits per heavy atom. The van der Waals surface area contributed by atoms with Crippen LogP contribution < -0.4 is 0 Å². The monoisotopic (exact) mass is 199 g/mol. The molecule has 0 spiro atoms. The van der Waals surface area contributed by atoms with E-state index >= 15 is 0 Å². The van der Waals surface area contributed by atoms with Crippen LogP contribution in [0.5, 0.6) is 0 Å². The summed E-state index contributed by atoms with van der Waals surface area (Å²) in [6.07, 6.45) is -10.8. The molecule has 0 aromatic carbocycles. The van der Waals surface area contributed by atoms with Gasteiger partial charge in [-0.15, -0.1) is 4.48 Å². The van der Waals surface area contributed by atoms with E-state index < -0.39 is 23.5 Å². The van der Waals surface area contributed by atoms with Crippen molar-refractivity contribution in [2.45, 2.75) is 18.4 Å². The van der Waals surface area contributed by atoms with E-state index in [1.165, 1.54) is 0 Å². The summed E-state index contributed by atoms with van der Waals surface area (Å²) < 4.78 is 84.4. The van der Waals surface area contributed by atoms with Crippen molar-refractivity contribution in [1.82, 2.24) is 5.12 Å². The highest BCUT2D eigenvalue weighted by molar-refractivity contribution is 4.82. The highest BCUT2D eigenvalue weighted by atomic mass is 19.4. The highest BCUT2D eigenvalue weighted by Crippen LogP contribution is 2.52. The number of nitrogens with zero attached hydrogens (tertiary/aromatic N) is 1. The first-order valence-electron chi connectivity index (χ1n) is 2.41. The third-order valence-electron chi connectivity index (χ3n) is 1.08. The molecule has 72 valence electrons. The van der Waals surface area contributed by atoms with Gasteiger partial charge in [0.15, 0.2) is 0 Å². The average Bonchev–Trinajstić information content (AvgIpc) is 1.90. The van der Waals surface area contributed by atoms with Gasteiger partial charge in [0.2, 0.25) is 0 Å². The maximum Gasteiger partial charge on any atom is 0.461 e. The predicted octanol–water partition coefficient (Wildman–Crippen LogP) is 1.94. The van der Waals surface area contributed by atoms with Crippen LogP contribution in [0.3, 0.4) is 0 Å². The zero-order valence-electron chi connectivity index (χ0n) is 5.00. The van der Waals surface area contributed by atoms with Crippen molar-refractivity contribution in [3.8, 4) is 0 Å². The Labute approximate surface area is 60.4 Å². The minimum atomic E-state index is -5.66. The molecule has 0 aromatic heterocycles. The second kappa shape index (κ2) is 2.02. The molecule has 1 heterocycles. The third-order valence-corrected chi connectivity index (χ3v) is 1.08. The van der Waals surface area contributed by atoms with Crippen molar-refractivity contribution >= 4 is 0 Å². The van der Waals surface area contributed by atoms with E-state index in [1.807, 2.05) is 0 Å². The van der Waals surface area contributed by atoms with E-state index in [1.54, 1.807) is 0 Å². The second-order valence-electron chi connectivity index (χ2n) is 1.93. The van der Waals surface area contributed by atoms with Gasteiger partial charge in [-0.2, -0.15) is 26.3 Å². The van der Waals surface area contributed by atoms with Crippen LogP contribution in [0.25, 0.3) is 0 Å². The average molecular weight is 199 g/mol. The van der Waals surface area contributed by atoms with Crippen LogP contribution in [-0.2, 0) is 4.74 Å². The molecule has 0 aliphatic carbocycles. The Bertz CT molecular complexity index is 203. The first-order chi connectivity index (χ1) is 5.11. The molecule has 1 saturated heterocycles. The summed E-state index contributed by atoms with van der Waals surface area (Å²) in [5.41, 5.74) is 0. The standard InChI is InChI=1S/C3F7NO/c4-1(5)2(6,7)12-3(8,9)11(1)10. The van der Waals surface area contributed by atoms with Crippen molar-refractivity contribution in [3.63, 3.8) is 0 Å². The lowest BCUT2D eigenvalue weighted by molar-refractivity contribution is -0.377. The molecule has 0 unspecified atom stereocenters. The molecule has 0 radical (unpaired) electrons.